The number of aromatic nitrogens is 3. The van der Waals surface area contributed by atoms with Gasteiger partial charge >= 0.3 is 20.6 Å². The number of Topliss-reactive ketones (excluding diaryl/α,β-unsaturated/α-hetero) is 1. The third kappa shape index (κ3) is 34.3. The molecule has 0 saturated carbocycles. The van der Waals surface area contributed by atoms with Crippen molar-refractivity contribution in [2.75, 3.05) is 136 Å². The second-order valence-electron chi connectivity index (χ2n) is 31.2. The number of hydrogen-bond acceptors (Lipinski definition) is 26. The molecule has 7 aliphatic heterocycles. The van der Waals surface area contributed by atoms with E-state index in [-0.39, 0.29) is 85.1 Å². The van der Waals surface area contributed by atoms with Crippen LogP contribution in [0.15, 0.2) is 0 Å². The van der Waals surface area contributed by atoms with Gasteiger partial charge in [0.05, 0.1) is 44.0 Å². The van der Waals surface area contributed by atoms with E-state index in [1.807, 2.05) is 52.1 Å². The van der Waals surface area contributed by atoms with Crippen molar-refractivity contribution in [2.45, 2.75) is 259 Å². The molecule has 42 heteroatoms. The summed E-state index contributed by atoms with van der Waals surface area (Å²) in [4.78, 5) is 149. The van der Waals surface area contributed by atoms with Crippen molar-refractivity contribution in [1.82, 2.24) is 73.4 Å². The van der Waals surface area contributed by atoms with Gasteiger partial charge in [-0.15, -0.1) is 0 Å². The molecule has 7 fully saturated rings. The number of anilines is 3. The van der Waals surface area contributed by atoms with Crippen LogP contribution in [-0.4, -0.2) is 289 Å². The van der Waals surface area contributed by atoms with Crippen LogP contribution in [0, 0.1) is 5.92 Å². The molecular formula is C74H127N17O20S4Si. The number of fused-ring (bicyclic) bond motifs is 2. The number of unbranched alkanes of at least 4 members (excludes halogenated alkanes) is 7. The second kappa shape index (κ2) is 49.3. The first-order valence-electron chi connectivity index (χ1n) is 41.9. The highest BCUT2D eigenvalue weighted by atomic mass is 32.2. The standard InChI is InChI=1S/C74H127N17O20S4Si/c1-4-110-116(3,111-5-2)46-17-14-19-54(92)20-18-42-108-44-45-109-43-35-77-67(97)51-27-36-89(37-28-51)70-86-71(90-38-29-52(30-39-90)78-68(98)57(49-114(102,103)104)80-63(95)25-8-6-15-33-75-61(93)23-12-10-21-59-65-55(47-112-59)82-73(100)84-65)88-72(87-70)91-40-31-53(32-41-91)79-69(99)58(50-115(105,106)107)81-64(96)26-9-7-16-34-76-62(94)24-13-11-22-60-66-56(48-113-60)83-74(101)85-66/h51-53,55-60,65-66H,4-50H2,1-3H3,(H,75,93)(H,76,94)(H,77,97)(H,78,98)(H,79,99)(H,80,95)(H,81,96)(H2,82,84,100)(H2,83,85,101)(H,102,103,104)(H,105,106,107)/t55-,56+,57?,58?,59-,60-,65-,66+/m0/s1. The summed E-state index contributed by atoms with van der Waals surface area (Å²) in [6, 6.07) is -3.02. The van der Waals surface area contributed by atoms with Gasteiger partial charge in [-0.1, -0.05) is 32.1 Å². The summed E-state index contributed by atoms with van der Waals surface area (Å²) in [5, 5.41) is 32.0. The molecule has 8 atom stereocenters. The van der Waals surface area contributed by atoms with E-state index in [1.165, 1.54) is 0 Å². The Labute approximate surface area is 691 Å². The van der Waals surface area contributed by atoms with Crippen LogP contribution in [0.1, 0.15) is 187 Å². The first-order valence-corrected chi connectivity index (χ1v) is 49.7. The molecule has 0 bridgehead atoms. The fourth-order valence-corrected chi connectivity index (χ4v) is 22.5. The van der Waals surface area contributed by atoms with E-state index >= 15 is 0 Å². The summed E-state index contributed by atoms with van der Waals surface area (Å²) in [7, 11) is -11.6. The minimum atomic E-state index is -4.73. The number of piperidine rings is 3. The molecule has 0 radical (unpaired) electrons. The van der Waals surface area contributed by atoms with E-state index in [0.717, 1.165) is 68.9 Å². The summed E-state index contributed by atoms with van der Waals surface area (Å²) in [5.74, 6) is -2.46. The molecule has 37 nitrogen and oxygen atoms in total. The van der Waals surface area contributed by atoms with Crippen molar-refractivity contribution in [3.8, 4) is 0 Å². The number of carbonyl (C=O) groups excluding carboxylic acids is 10. The van der Waals surface area contributed by atoms with Gasteiger partial charge in [0.25, 0.3) is 20.2 Å². The zero-order valence-electron chi connectivity index (χ0n) is 67.6. The summed E-state index contributed by atoms with van der Waals surface area (Å²) in [6.45, 7) is 11.9. The number of thioether (sulfide) groups is 2. The van der Waals surface area contributed by atoms with Crippen LogP contribution >= 0.6 is 23.5 Å². The number of ether oxygens (including phenoxy) is 2. The van der Waals surface area contributed by atoms with Crippen LogP contribution in [-0.2, 0) is 76.9 Å². The van der Waals surface area contributed by atoms with Crippen molar-refractivity contribution < 1.29 is 92.2 Å². The largest absolute Gasteiger partial charge is 0.395 e. The smallest absolute Gasteiger partial charge is 0.334 e. The molecule has 7 saturated heterocycles. The van der Waals surface area contributed by atoms with Gasteiger partial charge in [0.2, 0.25) is 59.2 Å². The Morgan fingerprint density at radius 3 is 1.34 bits per heavy atom. The van der Waals surface area contributed by atoms with E-state index < -0.39 is 88.1 Å². The van der Waals surface area contributed by atoms with Crippen LogP contribution in [0.4, 0.5) is 27.4 Å². The fraction of sp³-hybridized carbons (Fsp3) is 0.824. The SMILES string of the molecule is CCO[Si](C)(CCCCC(=O)CCCOCCOCCNC(=O)C1CCN(c2nc(N3CCC(NC(=O)C(CS(=O)(=O)O)NC(=O)CCCCCNC(=O)CCCC[C@@H]4SC[C@@H]5NC(=O)N[C@@H]54)CC3)nc(N3CCC(NC(=O)C(CS(=O)(=O)O)NC(=O)CCCCCNC(=O)CCCC[C@@H]4SC[C@H]5NC(=O)N[C@@H]45)CC3)n2)CC1)OCC. The molecule has 13 N–H and O–H groups in total. The molecule has 116 heavy (non-hydrogen) atoms. The van der Waals surface area contributed by atoms with Gasteiger partial charge in [0.15, 0.2) is 0 Å². The van der Waals surface area contributed by atoms with Gasteiger partial charge in [-0.3, -0.25) is 47.5 Å². The maximum absolute atomic E-state index is 13.8. The Morgan fingerprint density at radius 2 is 0.897 bits per heavy atom. The van der Waals surface area contributed by atoms with Gasteiger partial charge in [-0.2, -0.15) is 55.3 Å². The molecule has 656 valence electrons. The number of carbonyl (C=O) groups is 10. The minimum Gasteiger partial charge on any atom is -0.395 e. The van der Waals surface area contributed by atoms with E-state index in [0.29, 0.717) is 229 Å². The lowest BCUT2D eigenvalue weighted by Crippen LogP contribution is -2.54. The van der Waals surface area contributed by atoms with Crippen molar-refractivity contribution in [1.29, 1.82) is 0 Å². The number of nitrogens with one attached hydrogen (secondary N) is 11. The number of rotatable bonds is 55. The maximum atomic E-state index is 13.8. The maximum Gasteiger partial charge on any atom is 0.334 e. The quantitative estimate of drug-likeness (QED) is 0.0193. The predicted molar refractivity (Wildman–Crippen MR) is 441 cm³/mol. The lowest BCUT2D eigenvalue weighted by molar-refractivity contribution is -0.129. The third-order valence-electron chi connectivity index (χ3n) is 21.9. The van der Waals surface area contributed by atoms with E-state index in [4.69, 9.17) is 33.3 Å². The number of amides is 11. The van der Waals surface area contributed by atoms with Gasteiger partial charge in [0, 0.05) is 157 Å². The van der Waals surface area contributed by atoms with E-state index in [2.05, 4.69) is 65.0 Å². The molecular weight excluding hydrogens is 1600 g/mol. The van der Waals surface area contributed by atoms with Gasteiger partial charge in [-0.25, -0.2) is 9.59 Å². The molecule has 11 amide bonds. The molecule has 8 heterocycles. The highest BCUT2D eigenvalue weighted by molar-refractivity contribution is 8.00. The lowest BCUT2D eigenvalue weighted by atomic mass is 9.96. The monoisotopic (exact) mass is 1730 g/mol. The summed E-state index contributed by atoms with van der Waals surface area (Å²) < 4.78 is 91.8. The zero-order chi connectivity index (χ0) is 83.5. The van der Waals surface area contributed by atoms with Crippen LogP contribution in [0.3, 0.4) is 0 Å². The van der Waals surface area contributed by atoms with Crippen molar-refractivity contribution in [2.24, 2.45) is 5.92 Å². The molecule has 1 aromatic heterocycles. The van der Waals surface area contributed by atoms with Gasteiger partial charge in [0.1, 0.15) is 29.4 Å². The molecule has 0 aromatic carbocycles. The van der Waals surface area contributed by atoms with Crippen molar-refractivity contribution >= 4 is 129 Å². The minimum absolute atomic E-state index is 0.0328. The van der Waals surface area contributed by atoms with Gasteiger partial charge in [-0.05, 0) is 129 Å². The number of urea groups is 2. The Kier molecular flexibility index (Phi) is 40.3. The van der Waals surface area contributed by atoms with Crippen molar-refractivity contribution in [3.05, 3.63) is 0 Å². The summed E-state index contributed by atoms with van der Waals surface area (Å²) >= 11 is 3.67. The molecule has 8 rings (SSSR count). The number of hydrogen-bond donors (Lipinski definition) is 13. The zero-order valence-corrected chi connectivity index (χ0v) is 71.9. The molecule has 0 spiro atoms. The third-order valence-corrected chi connectivity index (χ3v) is 29.5. The first-order chi connectivity index (χ1) is 55.6. The van der Waals surface area contributed by atoms with Gasteiger partial charge < -0.3 is 91.5 Å². The molecule has 7 aliphatic rings. The molecule has 2 unspecified atom stereocenters. The molecule has 1 aromatic rings. The Morgan fingerprint density at radius 1 is 0.491 bits per heavy atom. The summed E-state index contributed by atoms with van der Waals surface area (Å²) in [5.41, 5.74) is 0. The van der Waals surface area contributed by atoms with E-state index in [1.54, 1.807) is 0 Å². The van der Waals surface area contributed by atoms with E-state index in [9.17, 15) is 73.9 Å². The highest BCUT2D eigenvalue weighted by Crippen LogP contribution is 2.35. The Bertz CT molecular complexity index is 3400. The fourth-order valence-electron chi connectivity index (χ4n) is 15.6. The molecule has 0 aliphatic carbocycles. The first kappa shape index (κ1) is 95.0. The topological polar surface area (TPSA) is 497 Å². The van der Waals surface area contributed by atoms with Crippen LogP contribution in [0.2, 0.25) is 12.6 Å². The van der Waals surface area contributed by atoms with Crippen LogP contribution in [0.5, 0.6) is 0 Å². The van der Waals surface area contributed by atoms with Crippen LogP contribution < -0.4 is 73.2 Å². The average Bonchev–Trinajstić information content (AvgIpc) is 1.21. The van der Waals surface area contributed by atoms with Crippen molar-refractivity contribution in [3.63, 3.8) is 0 Å². The average molecular weight is 1730 g/mol. The predicted octanol–water partition coefficient (Wildman–Crippen LogP) is 2.62. The Hall–Kier alpha value is -6.51. The Balaban J connectivity index is 0.772. The summed E-state index contributed by atoms with van der Waals surface area (Å²) in [6.07, 6.45) is 14.4. The number of ketones is 1. The number of nitrogens with zero attached hydrogens (tertiary/aromatic N) is 6. The normalized spacial score (nSPS) is 21.2. The second-order valence-corrected chi connectivity index (χ2v) is 40.1. The van der Waals surface area contributed by atoms with Crippen LogP contribution in [0.25, 0.3) is 0 Å². The lowest BCUT2D eigenvalue weighted by Gasteiger charge is -2.36. The highest BCUT2D eigenvalue weighted by Gasteiger charge is 2.44.